The molecule has 0 aliphatic heterocycles. The third-order valence-electron chi connectivity index (χ3n) is 6.90. The number of aromatic nitrogens is 3. The van der Waals surface area contributed by atoms with Crippen LogP contribution in [0.4, 0.5) is 0 Å². The Bertz CT molecular complexity index is 1680. The fourth-order valence-electron chi connectivity index (χ4n) is 4.94. The number of rotatable bonds is 4. The molecule has 0 amide bonds. The molecule has 0 fully saturated rings. The molecule has 4 heteroatoms. The second kappa shape index (κ2) is 8.55. The highest BCUT2D eigenvalue weighted by Crippen LogP contribution is 2.34. The molecule has 0 radical (unpaired) electrons. The van der Waals surface area contributed by atoms with Crippen LogP contribution >= 0.6 is 0 Å². The average molecular weight is 451 g/mol. The van der Waals surface area contributed by atoms with Crippen molar-refractivity contribution >= 4 is 39.6 Å². The van der Waals surface area contributed by atoms with Crippen LogP contribution in [-0.2, 0) is 0 Å². The van der Waals surface area contributed by atoms with Gasteiger partial charge in [-0.3, -0.25) is 9.55 Å². The van der Waals surface area contributed by atoms with Crippen LogP contribution < -0.4 is 11.1 Å². The highest BCUT2D eigenvalue weighted by atomic mass is 15.1. The number of hydrogen-bond acceptors (Lipinski definition) is 2. The molecule has 0 atom stereocenters. The summed E-state index contributed by atoms with van der Waals surface area (Å²) in [4.78, 5) is 9.38. The summed E-state index contributed by atoms with van der Waals surface area (Å²) in [6.45, 7) is 6.64. The molecule has 3 aromatic heterocycles. The number of aryl methyl sites for hydroxylation is 2. The van der Waals surface area contributed by atoms with E-state index in [1.54, 1.807) is 0 Å². The standard InChI is InChI=1S/C31H26BN3/c1-21-15-16-33-30(17-21)32(3)25-8-6-7-23(18-25)24-12-13-27-26-9-4-5-10-28(26)35(29(27)19-24)31-14-11-22(2)20-34-31/h4-20H,1-3H3. The molecular weight excluding hydrogens is 425 g/mol. The van der Waals surface area contributed by atoms with E-state index in [1.165, 1.54) is 44.0 Å². The number of fused-ring (bicyclic) bond motifs is 3. The minimum absolute atomic E-state index is 0.224. The van der Waals surface area contributed by atoms with E-state index in [4.69, 9.17) is 4.98 Å². The van der Waals surface area contributed by atoms with Crippen LogP contribution in [0.15, 0.2) is 103 Å². The van der Waals surface area contributed by atoms with Crippen molar-refractivity contribution in [1.82, 2.24) is 14.5 Å². The lowest BCUT2D eigenvalue weighted by Gasteiger charge is -2.12. The quantitative estimate of drug-likeness (QED) is 0.304. The van der Waals surface area contributed by atoms with E-state index in [-0.39, 0.29) is 6.71 Å². The van der Waals surface area contributed by atoms with Gasteiger partial charge < -0.3 is 0 Å². The zero-order valence-electron chi connectivity index (χ0n) is 20.2. The molecule has 6 aromatic rings. The topological polar surface area (TPSA) is 30.7 Å². The summed E-state index contributed by atoms with van der Waals surface area (Å²) in [6.07, 6.45) is 3.83. The molecule has 3 aromatic carbocycles. The molecule has 3 nitrogen and oxygen atoms in total. The Morgan fingerprint density at radius 3 is 2.31 bits per heavy atom. The van der Waals surface area contributed by atoms with Gasteiger partial charge in [-0.1, -0.05) is 72.9 Å². The SMILES string of the molecule is CB(c1cccc(-c2ccc3c4ccccc4n(-c4ccc(C)cn4)c3c2)c1)c1cc(C)ccn1. The molecule has 0 saturated carbocycles. The summed E-state index contributed by atoms with van der Waals surface area (Å²) in [7, 11) is 0. The van der Waals surface area contributed by atoms with E-state index >= 15 is 0 Å². The van der Waals surface area contributed by atoms with Gasteiger partial charge in [-0.2, -0.15) is 0 Å². The number of benzene rings is 3. The van der Waals surface area contributed by atoms with Gasteiger partial charge in [0, 0.05) is 28.8 Å². The number of pyridine rings is 2. The first-order valence-corrected chi connectivity index (χ1v) is 12.1. The lowest BCUT2D eigenvalue weighted by atomic mass is 9.44. The first kappa shape index (κ1) is 21.4. The van der Waals surface area contributed by atoms with Gasteiger partial charge in [0.25, 0.3) is 0 Å². The fourth-order valence-corrected chi connectivity index (χ4v) is 4.94. The highest BCUT2D eigenvalue weighted by molar-refractivity contribution is 6.83. The van der Waals surface area contributed by atoms with Crippen molar-refractivity contribution < 1.29 is 0 Å². The van der Waals surface area contributed by atoms with Crippen LogP contribution in [0.25, 0.3) is 38.8 Å². The third kappa shape index (κ3) is 3.81. The molecule has 0 unspecified atom stereocenters. The van der Waals surface area contributed by atoms with Gasteiger partial charge in [-0.15, -0.1) is 0 Å². The Hall–Kier alpha value is -4.18. The Balaban J connectivity index is 1.50. The minimum Gasteiger partial charge on any atom is -0.294 e. The number of nitrogens with zero attached hydrogens (tertiary/aromatic N) is 3. The summed E-state index contributed by atoms with van der Waals surface area (Å²) < 4.78 is 2.27. The monoisotopic (exact) mass is 451 g/mol. The van der Waals surface area contributed by atoms with Gasteiger partial charge in [0.1, 0.15) is 5.82 Å². The molecule has 0 N–H and O–H groups in total. The zero-order chi connectivity index (χ0) is 23.9. The van der Waals surface area contributed by atoms with Gasteiger partial charge in [0.05, 0.1) is 11.0 Å². The van der Waals surface area contributed by atoms with Crippen molar-refractivity contribution in [2.24, 2.45) is 0 Å². The van der Waals surface area contributed by atoms with E-state index < -0.39 is 0 Å². The fraction of sp³-hybridized carbons (Fsp3) is 0.0968. The summed E-state index contributed by atoms with van der Waals surface area (Å²) in [5.41, 5.74) is 9.50. The largest absolute Gasteiger partial charge is 0.294 e. The maximum Gasteiger partial charge on any atom is 0.230 e. The number of para-hydroxylation sites is 1. The van der Waals surface area contributed by atoms with Crippen LogP contribution in [-0.4, -0.2) is 21.2 Å². The van der Waals surface area contributed by atoms with Crippen LogP contribution in [0.1, 0.15) is 11.1 Å². The first-order chi connectivity index (χ1) is 17.1. The Labute approximate surface area is 206 Å². The van der Waals surface area contributed by atoms with Gasteiger partial charge in [-0.05, 0) is 66.4 Å². The normalized spacial score (nSPS) is 11.3. The van der Waals surface area contributed by atoms with E-state index in [1.807, 2.05) is 18.5 Å². The molecule has 6 rings (SSSR count). The van der Waals surface area contributed by atoms with Crippen LogP contribution in [0.3, 0.4) is 0 Å². The van der Waals surface area contributed by atoms with E-state index in [0.29, 0.717) is 0 Å². The van der Waals surface area contributed by atoms with Crippen molar-refractivity contribution in [1.29, 1.82) is 0 Å². The summed E-state index contributed by atoms with van der Waals surface area (Å²) in [5.74, 6) is 0.937. The Morgan fingerprint density at radius 2 is 1.49 bits per heavy atom. The molecule has 168 valence electrons. The number of hydrogen-bond donors (Lipinski definition) is 0. The van der Waals surface area contributed by atoms with Crippen molar-refractivity contribution in [2.75, 3.05) is 0 Å². The van der Waals surface area contributed by atoms with E-state index in [9.17, 15) is 0 Å². The molecular formula is C31H26BN3. The molecule has 0 aliphatic carbocycles. The Kier molecular flexibility index (Phi) is 5.22. The van der Waals surface area contributed by atoms with Crippen molar-refractivity contribution in [3.8, 4) is 16.9 Å². The predicted molar refractivity (Wildman–Crippen MR) is 149 cm³/mol. The van der Waals surface area contributed by atoms with Crippen molar-refractivity contribution in [3.63, 3.8) is 0 Å². The third-order valence-corrected chi connectivity index (χ3v) is 6.90. The molecule has 35 heavy (non-hydrogen) atoms. The summed E-state index contributed by atoms with van der Waals surface area (Å²) in [5, 5.41) is 2.48. The molecule has 0 bridgehead atoms. The van der Waals surface area contributed by atoms with Crippen molar-refractivity contribution in [2.45, 2.75) is 20.7 Å². The highest BCUT2D eigenvalue weighted by Gasteiger charge is 2.17. The van der Waals surface area contributed by atoms with Crippen LogP contribution in [0, 0.1) is 13.8 Å². The molecule has 3 heterocycles. The van der Waals surface area contributed by atoms with Gasteiger partial charge in [0.2, 0.25) is 6.71 Å². The van der Waals surface area contributed by atoms with E-state index in [2.05, 4.69) is 115 Å². The molecule has 0 saturated heterocycles. The smallest absolute Gasteiger partial charge is 0.230 e. The van der Waals surface area contributed by atoms with Crippen LogP contribution in [0.2, 0.25) is 6.82 Å². The molecule has 0 aliphatic rings. The van der Waals surface area contributed by atoms with E-state index in [0.717, 1.165) is 17.0 Å². The first-order valence-electron chi connectivity index (χ1n) is 12.1. The van der Waals surface area contributed by atoms with Gasteiger partial charge in [0.15, 0.2) is 0 Å². The lowest BCUT2D eigenvalue weighted by molar-refractivity contribution is 1.07. The second-order valence-electron chi connectivity index (χ2n) is 9.38. The predicted octanol–water partition coefficient (Wildman–Crippen LogP) is 6.10. The maximum atomic E-state index is 4.76. The average Bonchev–Trinajstić information content (AvgIpc) is 3.22. The minimum atomic E-state index is 0.224. The Morgan fingerprint density at radius 1 is 0.657 bits per heavy atom. The summed E-state index contributed by atoms with van der Waals surface area (Å²) in [6, 6.07) is 32.6. The maximum absolute atomic E-state index is 4.76. The van der Waals surface area contributed by atoms with Crippen LogP contribution in [0.5, 0.6) is 0 Å². The van der Waals surface area contributed by atoms with Gasteiger partial charge in [-0.25, -0.2) is 4.98 Å². The molecule has 0 spiro atoms. The zero-order valence-corrected chi connectivity index (χ0v) is 20.2. The lowest BCUT2D eigenvalue weighted by Crippen LogP contribution is -2.41. The second-order valence-corrected chi connectivity index (χ2v) is 9.38. The summed E-state index contributed by atoms with van der Waals surface area (Å²) >= 11 is 0. The van der Waals surface area contributed by atoms with Gasteiger partial charge >= 0.3 is 0 Å². The van der Waals surface area contributed by atoms with Crippen molar-refractivity contribution in [3.05, 3.63) is 115 Å².